The molecule has 0 aliphatic heterocycles. The van der Waals surface area contributed by atoms with E-state index in [9.17, 15) is 0 Å². The van der Waals surface area contributed by atoms with Crippen LogP contribution in [0.2, 0.25) is 0 Å². The number of nitrogens with two attached hydrogens (primary N) is 2. The van der Waals surface area contributed by atoms with E-state index >= 15 is 0 Å². The zero-order valence-electron chi connectivity index (χ0n) is 9.19. The van der Waals surface area contributed by atoms with E-state index in [1.54, 1.807) is 6.21 Å². The Bertz CT molecular complexity index is 536. The van der Waals surface area contributed by atoms with Gasteiger partial charge in [-0.3, -0.25) is 0 Å². The van der Waals surface area contributed by atoms with Crippen LogP contribution in [0.4, 0.5) is 0 Å². The first-order valence-electron chi connectivity index (χ1n) is 5.11. The second-order valence-electron chi connectivity index (χ2n) is 3.45. The van der Waals surface area contributed by atoms with E-state index in [0.717, 1.165) is 11.3 Å². The molecular weight excluding hydrogens is 214 g/mol. The van der Waals surface area contributed by atoms with E-state index in [4.69, 9.17) is 11.5 Å². The molecule has 0 atom stereocenters. The average molecular weight is 227 g/mol. The fraction of sp³-hybridized carbons (Fsp3) is 0. The van der Waals surface area contributed by atoms with Crippen molar-refractivity contribution in [1.29, 1.82) is 0 Å². The van der Waals surface area contributed by atoms with E-state index in [0.29, 0.717) is 0 Å². The molecule has 2 rings (SSSR count). The summed E-state index contributed by atoms with van der Waals surface area (Å²) in [7, 11) is 0. The number of aromatic nitrogens is 1. The minimum Gasteiger partial charge on any atom is -0.369 e. The number of rotatable bonds is 3. The Labute approximate surface area is 99.1 Å². The number of nitrogens with zero attached hydrogens (tertiary/aromatic N) is 3. The molecule has 0 fully saturated rings. The highest BCUT2D eigenvalue weighted by atomic mass is 15.3. The van der Waals surface area contributed by atoms with Crippen molar-refractivity contribution in [2.45, 2.75) is 0 Å². The van der Waals surface area contributed by atoms with Crippen LogP contribution in [0.15, 0.2) is 59.0 Å². The van der Waals surface area contributed by atoms with Gasteiger partial charge in [-0.25, -0.2) is 0 Å². The lowest BCUT2D eigenvalue weighted by atomic mass is 10.2. The third-order valence-corrected chi connectivity index (χ3v) is 2.15. The van der Waals surface area contributed by atoms with Crippen LogP contribution in [-0.4, -0.2) is 16.7 Å². The standard InChI is InChI=1S/C12H13N5/c13-12(14)16-15-9-10-4-3-5-11(8-10)17-6-1-2-7-17/h1-9H,(H4,13,14,16). The normalized spacial score (nSPS) is 10.6. The minimum atomic E-state index is -0.0529. The van der Waals surface area contributed by atoms with Crippen LogP contribution >= 0.6 is 0 Å². The smallest absolute Gasteiger partial charge is 0.211 e. The fourth-order valence-electron chi connectivity index (χ4n) is 1.43. The highest BCUT2D eigenvalue weighted by Crippen LogP contribution is 2.09. The lowest BCUT2D eigenvalue weighted by molar-refractivity contribution is 1.08. The molecule has 5 nitrogen and oxygen atoms in total. The summed E-state index contributed by atoms with van der Waals surface area (Å²) in [6.45, 7) is 0. The maximum atomic E-state index is 5.17. The number of hydrogen-bond donors (Lipinski definition) is 2. The third kappa shape index (κ3) is 2.94. The van der Waals surface area contributed by atoms with Crippen molar-refractivity contribution in [2.75, 3.05) is 0 Å². The van der Waals surface area contributed by atoms with Crippen LogP contribution in [0.1, 0.15) is 5.56 Å². The molecule has 0 aliphatic rings. The van der Waals surface area contributed by atoms with Crippen molar-refractivity contribution in [3.8, 4) is 5.69 Å². The molecule has 17 heavy (non-hydrogen) atoms. The molecule has 5 heteroatoms. The molecule has 2 aromatic rings. The Hall–Kier alpha value is -2.56. The van der Waals surface area contributed by atoms with Gasteiger partial charge in [0.1, 0.15) is 0 Å². The Morgan fingerprint density at radius 2 is 1.88 bits per heavy atom. The molecule has 1 heterocycles. The predicted octanol–water partition coefficient (Wildman–Crippen LogP) is 1.08. The SMILES string of the molecule is NC(N)=NN=Cc1cccc(-n2cccc2)c1. The van der Waals surface area contributed by atoms with E-state index in [1.807, 2.05) is 53.4 Å². The first-order valence-corrected chi connectivity index (χ1v) is 5.11. The summed E-state index contributed by atoms with van der Waals surface area (Å²) >= 11 is 0. The van der Waals surface area contributed by atoms with Crippen molar-refractivity contribution >= 4 is 12.2 Å². The Balaban J connectivity index is 2.23. The topological polar surface area (TPSA) is 81.7 Å². The van der Waals surface area contributed by atoms with Crippen molar-refractivity contribution in [3.63, 3.8) is 0 Å². The maximum Gasteiger partial charge on any atom is 0.211 e. The van der Waals surface area contributed by atoms with Crippen LogP contribution in [0.25, 0.3) is 5.69 Å². The quantitative estimate of drug-likeness (QED) is 0.467. The molecular formula is C12H13N5. The summed E-state index contributed by atoms with van der Waals surface area (Å²) < 4.78 is 2.01. The summed E-state index contributed by atoms with van der Waals surface area (Å²) in [5.41, 5.74) is 12.3. The summed E-state index contributed by atoms with van der Waals surface area (Å²) in [6.07, 6.45) is 5.56. The van der Waals surface area contributed by atoms with Gasteiger partial charge >= 0.3 is 0 Å². The highest BCUT2D eigenvalue weighted by molar-refractivity contribution is 5.82. The lowest BCUT2D eigenvalue weighted by Gasteiger charge is -2.02. The molecule has 0 radical (unpaired) electrons. The monoisotopic (exact) mass is 227 g/mol. The molecule has 0 spiro atoms. The molecule has 1 aromatic carbocycles. The summed E-state index contributed by atoms with van der Waals surface area (Å²) in [6, 6.07) is 11.8. The summed E-state index contributed by atoms with van der Waals surface area (Å²) in [5.74, 6) is -0.0529. The van der Waals surface area contributed by atoms with Crippen LogP contribution in [0, 0.1) is 0 Å². The fourth-order valence-corrected chi connectivity index (χ4v) is 1.43. The lowest BCUT2D eigenvalue weighted by Crippen LogP contribution is -2.21. The van der Waals surface area contributed by atoms with E-state index < -0.39 is 0 Å². The third-order valence-electron chi connectivity index (χ3n) is 2.15. The first kappa shape index (κ1) is 10.9. The summed E-state index contributed by atoms with van der Waals surface area (Å²) in [4.78, 5) is 0. The first-order chi connectivity index (χ1) is 8.25. The predicted molar refractivity (Wildman–Crippen MR) is 69.2 cm³/mol. The number of hydrogen-bond acceptors (Lipinski definition) is 2. The number of guanidine groups is 1. The van der Waals surface area contributed by atoms with Crippen molar-refractivity contribution in [2.24, 2.45) is 21.7 Å². The van der Waals surface area contributed by atoms with Gasteiger partial charge in [0.25, 0.3) is 0 Å². The maximum absolute atomic E-state index is 5.17. The second-order valence-corrected chi connectivity index (χ2v) is 3.45. The van der Waals surface area contributed by atoms with Gasteiger partial charge in [-0.2, -0.15) is 5.10 Å². The Kier molecular flexibility index (Phi) is 3.20. The van der Waals surface area contributed by atoms with Gasteiger partial charge in [0.05, 0.1) is 6.21 Å². The molecule has 0 saturated heterocycles. The molecule has 0 bridgehead atoms. The van der Waals surface area contributed by atoms with Gasteiger partial charge < -0.3 is 16.0 Å². The van der Waals surface area contributed by atoms with Crippen LogP contribution in [-0.2, 0) is 0 Å². The molecule has 4 N–H and O–H groups in total. The van der Waals surface area contributed by atoms with E-state index in [-0.39, 0.29) is 5.96 Å². The van der Waals surface area contributed by atoms with Crippen molar-refractivity contribution in [3.05, 3.63) is 54.4 Å². The molecule has 0 amide bonds. The Morgan fingerprint density at radius 1 is 1.12 bits per heavy atom. The zero-order valence-corrected chi connectivity index (χ0v) is 9.19. The molecule has 1 aromatic heterocycles. The molecule has 0 aliphatic carbocycles. The zero-order chi connectivity index (χ0) is 12.1. The molecule has 0 saturated carbocycles. The molecule has 86 valence electrons. The van der Waals surface area contributed by atoms with E-state index in [1.165, 1.54) is 0 Å². The largest absolute Gasteiger partial charge is 0.369 e. The number of benzene rings is 1. The van der Waals surface area contributed by atoms with E-state index in [2.05, 4.69) is 10.2 Å². The van der Waals surface area contributed by atoms with Gasteiger partial charge in [-0.15, -0.1) is 5.10 Å². The van der Waals surface area contributed by atoms with Crippen LogP contribution < -0.4 is 11.5 Å². The average Bonchev–Trinajstić information content (AvgIpc) is 2.82. The van der Waals surface area contributed by atoms with Crippen LogP contribution in [0.5, 0.6) is 0 Å². The highest BCUT2D eigenvalue weighted by Gasteiger charge is 1.95. The molecule has 0 unspecified atom stereocenters. The van der Waals surface area contributed by atoms with Crippen molar-refractivity contribution < 1.29 is 0 Å². The van der Waals surface area contributed by atoms with Gasteiger partial charge in [-0.05, 0) is 29.8 Å². The van der Waals surface area contributed by atoms with Crippen molar-refractivity contribution in [1.82, 2.24) is 4.57 Å². The second kappa shape index (κ2) is 4.98. The van der Waals surface area contributed by atoms with Gasteiger partial charge in [0.2, 0.25) is 5.96 Å². The summed E-state index contributed by atoms with van der Waals surface area (Å²) in [5, 5.41) is 7.31. The Morgan fingerprint density at radius 3 is 2.59 bits per heavy atom. The van der Waals surface area contributed by atoms with Gasteiger partial charge in [0.15, 0.2) is 0 Å². The minimum absolute atomic E-state index is 0.0529. The van der Waals surface area contributed by atoms with Crippen LogP contribution in [0.3, 0.4) is 0 Å². The van der Waals surface area contributed by atoms with Gasteiger partial charge in [0, 0.05) is 18.1 Å². The van der Waals surface area contributed by atoms with Gasteiger partial charge in [-0.1, -0.05) is 12.1 Å².